The van der Waals surface area contributed by atoms with E-state index in [2.05, 4.69) is 5.10 Å². The number of nitrogens with zero attached hydrogens (tertiary/aromatic N) is 3. The van der Waals surface area contributed by atoms with Crippen molar-refractivity contribution < 1.29 is 4.66 Å². The van der Waals surface area contributed by atoms with E-state index in [4.69, 9.17) is 0 Å². The zero-order valence-electron chi connectivity index (χ0n) is 8.71. The molecule has 0 unspecified atom stereocenters. The highest BCUT2D eigenvalue weighted by atomic mass is 16.3. The molecule has 1 aromatic heterocycles. The Kier molecular flexibility index (Phi) is 2.33. The molecule has 0 saturated carbocycles. The van der Waals surface area contributed by atoms with E-state index in [0.29, 0.717) is 10.4 Å². The van der Waals surface area contributed by atoms with E-state index < -0.39 is 0 Å². The lowest BCUT2D eigenvalue weighted by Crippen LogP contribution is -2.34. The minimum Gasteiger partial charge on any atom is -0.0837 e. The fraction of sp³-hybridized carbons (Fsp3) is 0.182. The van der Waals surface area contributed by atoms with E-state index in [9.17, 15) is 4.91 Å². The fourth-order valence-electron chi connectivity index (χ4n) is 1.36. The van der Waals surface area contributed by atoms with Gasteiger partial charge in [-0.2, -0.15) is 0 Å². The van der Waals surface area contributed by atoms with Crippen molar-refractivity contribution in [2.24, 2.45) is 7.05 Å². The topological polar surface area (TPSA) is 40.8 Å². The van der Waals surface area contributed by atoms with Gasteiger partial charge >= 0.3 is 0 Å². The second-order valence-corrected chi connectivity index (χ2v) is 3.41. The third-order valence-corrected chi connectivity index (χ3v) is 2.38. The van der Waals surface area contributed by atoms with Crippen LogP contribution in [0.3, 0.4) is 0 Å². The van der Waals surface area contributed by atoms with Crippen molar-refractivity contribution in [3.63, 3.8) is 0 Å². The summed E-state index contributed by atoms with van der Waals surface area (Å²) in [5, 5.41) is 3.93. The third kappa shape index (κ3) is 1.79. The standard InChI is InChI=1S/C11H12N3O/c1-9-8-11(12-14(15)13(9)2)10-6-4-3-5-7-10/h3-8H,1-2H3/q+1. The molecule has 0 saturated heterocycles. The molecular formula is C11H12N3O+. The molecule has 0 amide bonds. The lowest BCUT2D eigenvalue weighted by molar-refractivity contribution is -0.656. The molecular weight excluding hydrogens is 190 g/mol. The van der Waals surface area contributed by atoms with Crippen LogP contribution >= 0.6 is 0 Å². The van der Waals surface area contributed by atoms with Crippen molar-refractivity contribution in [3.8, 4) is 11.3 Å². The van der Waals surface area contributed by atoms with Gasteiger partial charge in [0.2, 0.25) is 0 Å². The number of rotatable bonds is 1. The van der Waals surface area contributed by atoms with Gasteiger partial charge in [-0.05, 0) is 13.0 Å². The molecule has 1 heterocycles. The molecule has 4 nitrogen and oxygen atoms in total. The highest BCUT2D eigenvalue weighted by Gasteiger charge is 2.09. The van der Waals surface area contributed by atoms with Crippen LogP contribution in [0.25, 0.3) is 11.3 Å². The molecule has 0 radical (unpaired) electrons. The van der Waals surface area contributed by atoms with E-state index in [0.717, 1.165) is 11.3 Å². The first-order chi connectivity index (χ1) is 7.18. The molecule has 0 aliphatic carbocycles. The van der Waals surface area contributed by atoms with Crippen LogP contribution in [0.5, 0.6) is 0 Å². The second-order valence-electron chi connectivity index (χ2n) is 3.41. The molecule has 76 valence electrons. The third-order valence-electron chi connectivity index (χ3n) is 2.38. The van der Waals surface area contributed by atoms with Gasteiger partial charge in [0.1, 0.15) is 5.69 Å². The Balaban J connectivity index is 2.61. The van der Waals surface area contributed by atoms with Crippen molar-refractivity contribution in [3.05, 3.63) is 47.0 Å². The first-order valence-corrected chi connectivity index (χ1v) is 4.72. The second kappa shape index (κ2) is 3.65. The van der Waals surface area contributed by atoms with Gasteiger partial charge in [0.05, 0.1) is 22.7 Å². The maximum atomic E-state index is 11.4. The average molecular weight is 202 g/mol. The Morgan fingerprint density at radius 1 is 1.27 bits per heavy atom. The van der Waals surface area contributed by atoms with E-state index in [1.165, 1.54) is 4.68 Å². The Labute approximate surface area is 87.4 Å². The molecule has 2 aromatic rings. The van der Waals surface area contributed by atoms with Crippen LogP contribution in [0.4, 0.5) is 0 Å². The quantitative estimate of drug-likeness (QED) is 0.654. The summed E-state index contributed by atoms with van der Waals surface area (Å²) in [6, 6.07) is 11.5. The summed E-state index contributed by atoms with van der Waals surface area (Å²) in [4.78, 5) is 11.4. The predicted octanol–water partition coefficient (Wildman–Crippen LogP) is 1.31. The lowest BCUT2D eigenvalue weighted by Gasteiger charge is -1.97. The van der Waals surface area contributed by atoms with Gasteiger partial charge in [-0.25, -0.2) is 0 Å². The number of benzene rings is 1. The molecule has 0 aliphatic rings. The average Bonchev–Trinajstić information content (AvgIpc) is 2.26. The largest absolute Gasteiger partial charge is 0.285 e. The fourth-order valence-corrected chi connectivity index (χ4v) is 1.36. The molecule has 15 heavy (non-hydrogen) atoms. The van der Waals surface area contributed by atoms with Gasteiger partial charge in [0, 0.05) is 5.56 Å². The Hall–Kier alpha value is -1.97. The van der Waals surface area contributed by atoms with E-state index in [1.807, 2.05) is 43.3 Å². The zero-order chi connectivity index (χ0) is 10.8. The molecule has 0 fully saturated rings. The van der Waals surface area contributed by atoms with Gasteiger partial charge in [0.15, 0.2) is 0 Å². The van der Waals surface area contributed by atoms with Crippen LogP contribution in [-0.4, -0.2) is 9.78 Å². The van der Waals surface area contributed by atoms with Crippen molar-refractivity contribution in [2.75, 3.05) is 0 Å². The molecule has 1 aromatic carbocycles. The summed E-state index contributed by atoms with van der Waals surface area (Å²) >= 11 is 0. The summed E-state index contributed by atoms with van der Waals surface area (Å²) < 4.78 is 2.05. The van der Waals surface area contributed by atoms with Crippen molar-refractivity contribution >= 4 is 0 Å². The zero-order valence-corrected chi connectivity index (χ0v) is 8.71. The van der Waals surface area contributed by atoms with Crippen molar-refractivity contribution in [1.82, 2.24) is 9.78 Å². The Morgan fingerprint density at radius 2 is 1.93 bits per heavy atom. The molecule has 0 bridgehead atoms. The monoisotopic (exact) mass is 202 g/mol. The summed E-state index contributed by atoms with van der Waals surface area (Å²) in [7, 11) is 1.68. The minimum atomic E-state index is 0.595. The van der Waals surface area contributed by atoms with Crippen LogP contribution in [0.1, 0.15) is 5.69 Å². The molecule has 0 atom stereocenters. The predicted molar refractivity (Wildman–Crippen MR) is 56.7 cm³/mol. The molecule has 0 aliphatic heterocycles. The summed E-state index contributed by atoms with van der Waals surface area (Å²) in [6.45, 7) is 1.88. The SMILES string of the molecule is Cc1cc(-c2ccccc2)n[n+](=O)n1C. The van der Waals surface area contributed by atoms with Crippen molar-refractivity contribution in [2.45, 2.75) is 6.92 Å². The van der Waals surface area contributed by atoms with E-state index >= 15 is 0 Å². The molecule has 2 rings (SSSR count). The van der Waals surface area contributed by atoms with Gasteiger partial charge in [0.25, 0.3) is 4.66 Å². The first kappa shape index (κ1) is 9.58. The highest BCUT2D eigenvalue weighted by Crippen LogP contribution is 2.14. The molecule has 0 spiro atoms. The van der Waals surface area contributed by atoms with E-state index in [-0.39, 0.29) is 0 Å². The lowest BCUT2D eigenvalue weighted by atomic mass is 10.1. The van der Waals surface area contributed by atoms with Crippen LogP contribution in [0.15, 0.2) is 36.4 Å². The van der Waals surface area contributed by atoms with Crippen LogP contribution in [0.2, 0.25) is 0 Å². The number of hydrogen-bond donors (Lipinski definition) is 0. The van der Waals surface area contributed by atoms with Crippen LogP contribution in [-0.2, 0) is 7.05 Å². The Morgan fingerprint density at radius 3 is 2.53 bits per heavy atom. The van der Waals surface area contributed by atoms with E-state index in [1.54, 1.807) is 7.05 Å². The molecule has 0 N–H and O–H groups in total. The van der Waals surface area contributed by atoms with Gasteiger partial charge in [-0.15, -0.1) is 0 Å². The maximum Gasteiger partial charge on any atom is 0.285 e. The number of aromatic nitrogens is 3. The smallest absolute Gasteiger partial charge is 0.0837 e. The van der Waals surface area contributed by atoms with Gasteiger partial charge in [-0.3, -0.25) is 0 Å². The molecule has 4 heteroatoms. The van der Waals surface area contributed by atoms with Gasteiger partial charge in [-0.1, -0.05) is 35.0 Å². The highest BCUT2D eigenvalue weighted by molar-refractivity contribution is 5.57. The minimum absolute atomic E-state index is 0.595. The Bertz CT molecular complexity index is 531. The maximum absolute atomic E-state index is 11.4. The number of hydrogen-bond acceptors (Lipinski definition) is 2. The van der Waals surface area contributed by atoms with Crippen LogP contribution in [0, 0.1) is 11.8 Å². The summed E-state index contributed by atoms with van der Waals surface area (Å²) in [6.07, 6.45) is 0. The number of aryl methyl sites for hydroxylation is 1. The van der Waals surface area contributed by atoms with Crippen LogP contribution < -0.4 is 4.66 Å². The first-order valence-electron chi connectivity index (χ1n) is 4.72. The van der Waals surface area contributed by atoms with Gasteiger partial charge < -0.3 is 0 Å². The summed E-state index contributed by atoms with van der Waals surface area (Å²) in [5.41, 5.74) is 2.52. The summed E-state index contributed by atoms with van der Waals surface area (Å²) in [5.74, 6) is 0. The normalized spacial score (nSPS) is 10.3. The van der Waals surface area contributed by atoms with Crippen molar-refractivity contribution in [1.29, 1.82) is 0 Å².